The highest BCUT2D eigenvalue weighted by Crippen LogP contribution is 2.33. The van der Waals surface area contributed by atoms with E-state index in [-0.39, 0.29) is 17.0 Å². The summed E-state index contributed by atoms with van der Waals surface area (Å²) in [6, 6.07) is 2.98. The summed E-state index contributed by atoms with van der Waals surface area (Å²) in [5.74, 6) is 0.699. The predicted octanol–water partition coefficient (Wildman–Crippen LogP) is 2.77. The molecule has 1 aromatic rings. The molecule has 0 aromatic heterocycles. The first-order chi connectivity index (χ1) is 8.61. The lowest BCUT2D eigenvalue weighted by molar-refractivity contribution is -0.385. The van der Waals surface area contributed by atoms with E-state index in [1.807, 2.05) is 0 Å². The van der Waals surface area contributed by atoms with Gasteiger partial charge in [0.2, 0.25) is 0 Å². The first kappa shape index (κ1) is 13.0. The van der Waals surface area contributed by atoms with E-state index in [0.717, 1.165) is 11.1 Å². The number of non-ortho nitro benzene ring substituents is 1. The van der Waals surface area contributed by atoms with Crippen LogP contribution < -0.4 is 4.74 Å². The molecule has 0 spiro atoms. The minimum Gasteiger partial charge on any atom is -0.482 e. The van der Waals surface area contributed by atoms with Crippen LogP contribution in [-0.4, -0.2) is 16.2 Å². The third-order valence-electron chi connectivity index (χ3n) is 3.03. The SMILES string of the molecule is O=C1CCc2cc([N+](=O)[O-])cc(OCBr)c2CC1. The lowest BCUT2D eigenvalue weighted by Gasteiger charge is -2.11. The largest absolute Gasteiger partial charge is 0.482 e. The number of hydrogen-bond acceptors (Lipinski definition) is 4. The second-order valence-corrected chi connectivity index (χ2v) is 4.59. The summed E-state index contributed by atoms with van der Waals surface area (Å²) in [7, 11) is 0. The number of alkyl halides is 1. The summed E-state index contributed by atoms with van der Waals surface area (Å²) in [6.07, 6.45) is 2.06. The smallest absolute Gasteiger partial charge is 0.273 e. The Balaban J connectivity index is 2.48. The van der Waals surface area contributed by atoms with Crippen molar-refractivity contribution in [3.05, 3.63) is 33.4 Å². The number of carbonyl (C=O) groups excluding carboxylic acids is 1. The Hall–Kier alpha value is -1.43. The Morgan fingerprint density at radius 3 is 2.67 bits per heavy atom. The number of Topliss-reactive ketones (excluding diaryl/α,β-unsaturated/α-hetero) is 1. The highest BCUT2D eigenvalue weighted by molar-refractivity contribution is 9.09. The minimum atomic E-state index is -0.436. The summed E-state index contributed by atoms with van der Waals surface area (Å²) in [5, 5.41) is 10.9. The van der Waals surface area contributed by atoms with Crippen LogP contribution in [0, 0.1) is 10.1 Å². The van der Waals surface area contributed by atoms with Crippen LogP contribution in [0.5, 0.6) is 5.75 Å². The third kappa shape index (κ3) is 2.69. The molecule has 1 aliphatic rings. The van der Waals surface area contributed by atoms with Crippen molar-refractivity contribution in [2.75, 3.05) is 5.52 Å². The van der Waals surface area contributed by atoms with Crippen molar-refractivity contribution in [2.24, 2.45) is 0 Å². The molecule has 0 aliphatic heterocycles. The second-order valence-electron chi connectivity index (χ2n) is 4.13. The van der Waals surface area contributed by atoms with Gasteiger partial charge in [0, 0.05) is 18.9 Å². The van der Waals surface area contributed by atoms with Crippen LogP contribution in [0.2, 0.25) is 0 Å². The van der Waals surface area contributed by atoms with E-state index in [1.54, 1.807) is 6.07 Å². The molecule has 0 unspecified atom stereocenters. The van der Waals surface area contributed by atoms with Crippen LogP contribution in [0.1, 0.15) is 24.0 Å². The number of nitro groups is 1. The summed E-state index contributed by atoms with van der Waals surface area (Å²) in [5.41, 5.74) is 2.06. The van der Waals surface area contributed by atoms with Crippen LogP contribution in [0.4, 0.5) is 5.69 Å². The van der Waals surface area contributed by atoms with Gasteiger partial charge in [-0.05, 0) is 39.9 Å². The van der Waals surface area contributed by atoms with Gasteiger partial charge in [0.05, 0.1) is 11.0 Å². The fourth-order valence-electron chi connectivity index (χ4n) is 2.15. The zero-order chi connectivity index (χ0) is 13.1. The molecule has 0 radical (unpaired) electrons. The number of ketones is 1. The van der Waals surface area contributed by atoms with Crippen molar-refractivity contribution in [1.29, 1.82) is 0 Å². The number of halogens is 1. The number of fused-ring (bicyclic) bond motifs is 1. The third-order valence-corrected chi connectivity index (χ3v) is 3.26. The molecule has 1 aromatic carbocycles. The Labute approximate surface area is 112 Å². The number of hydrogen-bond donors (Lipinski definition) is 0. The van der Waals surface area contributed by atoms with Gasteiger partial charge in [-0.25, -0.2) is 0 Å². The monoisotopic (exact) mass is 313 g/mol. The molecule has 2 rings (SSSR count). The molecule has 0 heterocycles. The Morgan fingerprint density at radius 2 is 2.00 bits per heavy atom. The number of carbonyl (C=O) groups is 1. The second kappa shape index (κ2) is 5.48. The molecule has 96 valence electrons. The Bertz CT molecular complexity index is 501. The van der Waals surface area contributed by atoms with Crippen molar-refractivity contribution in [3.8, 4) is 5.75 Å². The van der Waals surface area contributed by atoms with Gasteiger partial charge in [-0.2, -0.15) is 0 Å². The summed E-state index contributed by atoms with van der Waals surface area (Å²) >= 11 is 3.15. The molecular formula is C12H12BrNO4. The molecule has 18 heavy (non-hydrogen) atoms. The molecule has 6 heteroatoms. The van der Waals surface area contributed by atoms with E-state index in [9.17, 15) is 14.9 Å². The maximum Gasteiger partial charge on any atom is 0.273 e. The van der Waals surface area contributed by atoms with E-state index >= 15 is 0 Å². The highest BCUT2D eigenvalue weighted by Gasteiger charge is 2.21. The summed E-state index contributed by atoms with van der Waals surface area (Å²) in [6.45, 7) is 0. The zero-order valence-electron chi connectivity index (χ0n) is 9.65. The molecule has 0 saturated heterocycles. The van der Waals surface area contributed by atoms with Gasteiger partial charge in [0.15, 0.2) is 0 Å². The van der Waals surface area contributed by atoms with Crippen LogP contribution in [0.25, 0.3) is 0 Å². The maximum atomic E-state index is 11.5. The van der Waals surface area contributed by atoms with Crippen LogP contribution >= 0.6 is 15.9 Å². The average molecular weight is 314 g/mol. The molecule has 0 fully saturated rings. The number of ether oxygens (including phenoxy) is 1. The Kier molecular flexibility index (Phi) is 3.96. The molecule has 0 saturated carbocycles. The number of aryl methyl sites for hydroxylation is 1. The number of nitro benzene ring substituents is 1. The van der Waals surface area contributed by atoms with E-state index < -0.39 is 4.92 Å². The van der Waals surface area contributed by atoms with E-state index in [2.05, 4.69) is 15.9 Å². The quantitative estimate of drug-likeness (QED) is 0.372. The normalized spacial score (nSPS) is 14.8. The van der Waals surface area contributed by atoms with Crippen molar-refractivity contribution >= 4 is 27.4 Å². The Morgan fingerprint density at radius 1 is 1.28 bits per heavy atom. The predicted molar refractivity (Wildman–Crippen MR) is 69.2 cm³/mol. The average Bonchev–Trinajstić information content (AvgIpc) is 2.52. The van der Waals surface area contributed by atoms with Crippen molar-refractivity contribution in [2.45, 2.75) is 25.7 Å². The molecule has 1 aliphatic carbocycles. The van der Waals surface area contributed by atoms with Crippen LogP contribution in [0.15, 0.2) is 12.1 Å². The van der Waals surface area contributed by atoms with Gasteiger partial charge in [-0.3, -0.25) is 14.9 Å². The lowest BCUT2D eigenvalue weighted by Crippen LogP contribution is -2.01. The maximum absolute atomic E-state index is 11.5. The lowest BCUT2D eigenvalue weighted by atomic mass is 10.0. The topological polar surface area (TPSA) is 69.4 Å². The standard InChI is InChI=1S/C12H12BrNO4/c13-7-18-12-6-9(14(16)17)5-8-1-2-10(15)3-4-11(8)12/h5-6H,1-4,7H2. The van der Waals surface area contributed by atoms with Gasteiger partial charge in [-0.15, -0.1) is 0 Å². The highest BCUT2D eigenvalue weighted by atomic mass is 79.9. The first-order valence-corrected chi connectivity index (χ1v) is 6.74. The molecule has 0 bridgehead atoms. The van der Waals surface area contributed by atoms with E-state index in [1.165, 1.54) is 6.07 Å². The van der Waals surface area contributed by atoms with Crippen LogP contribution in [-0.2, 0) is 17.6 Å². The fourth-order valence-corrected chi connectivity index (χ4v) is 2.40. The number of rotatable bonds is 3. The summed E-state index contributed by atoms with van der Waals surface area (Å²) < 4.78 is 5.39. The molecular weight excluding hydrogens is 302 g/mol. The summed E-state index contributed by atoms with van der Waals surface area (Å²) in [4.78, 5) is 21.9. The van der Waals surface area contributed by atoms with Crippen molar-refractivity contribution in [1.82, 2.24) is 0 Å². The first-order valence-electron chi connectivity index (χ1n) is 5.62. The van der Waals surface area contributed by atoms with Gasteiger partial charge in [0.1, 0.15) is 17.0 Å². The minimum absolute atomic E-state index is 0.0130. The van der Waals surface area contributed by atoms with Crippen molar-refractivity contribution < 1.29 is 14.5 Å². The van der Waals surface area contributed by atoms with Crippen molar-refractivity contribution in [3.63, 3.8) is 0 Å². The fraction of sp³-hybridized carbons (Fsp3) is 0.417. The van der Waals surface area contributed by atoms with E-state index in [0.29, 0.717) is 31.4 Å². The van der Waals surface area contributed by atoms with Gasteiger partial charge < -0.3 is 4.74 Å². The van der Waals surface area contributed by atoms with Crippen LogP contribution in [0.3, 0.4) is 0 Å². The number of nitrogens with zero attached hydrogens (tertiary/aromatic N) is 1. The zero-order valence-corrected chi connectivity index (χ0v) is 11.2. The van der Waals surface area contributed by atoms with Gasteiger partial charge in [-0.1, -0.05) is 0 Å². The molecule has 0 N–H and O–H groups in total. The molecule has 5 nitrogen and oxygen atoms in total. The number of benzene rings is 1. The van der Waals surface area contributed by atoms with Gasteiger partial charge in [0.25, 0.3) is 5.69 Å². The van der Waals surface area contributed by atoms with E-state index in [4.69, 9.17) is 4.74 Å². The van der Waals surface area contributed by atoms with Gasteiger partial charge >= 0.3 is 0 Å². The molecule has 0 atom stereocenters. The molecule has 0 amide bonds.